The van der Waals surface area contributed by atoms with Gasteiger partial charge in [-0.15, -0.1) is 11.3 Å². The number of amides is 2. The fourth-order valence-electron chi connectivity index (χ4n) is 2.33. The first-order chi connectivity index (χ1) is 8.50. The number of carbonyl (C=O) groups excluding carboxylic acids is 2. The summed E-state index contributed by atoms with van der Waals surface area (Å²) >= 11 is 1.72. The second kappa shape index (κ2) is 5.07. The van der Waals surface area contributed by atoms with E-state index in [4.69, 9.17) is 11.5 Å². The van der Waals surface area contributed by atoms with E-state index in [1.165, 1.54) is 10.4 Å². The normalized spacial score (nSPS) is 20.3. The minimum absolute atomic E-state index is 0.0198. The largest absolute Gasteiger partial charge is 0.370 e. The molecule has 0 aliphatic carbocycles. The molecule has 0 radical (unpaired) electrons. The molecule has 4 N–H and O–H groups in total. The molecule has 2 heterocycles. The molecule has 18 heavy (non-hydrogen) atoms. The van der Waals surface area contributed by atoms with Crippen LogP contribution in [0.25, 0.3) is 0 Å². The molecule has 2 rings (SSSR count). The standard InChI is InChI=1S/C12H17N3O2S/c1-7-8-3-5-18-10(8)2-4-15(7)12(17)9(13)6-11(14)16/h3,5,7,9H,2,4,6,13H2,1H3,(H2,14,16). The number of hydrogen-bond acceptors (Lipinski definition) is 4. The molecule has 1 aliphatic rings. The maximum absolute atomic E-state index is 12.2. The molecule has 1 aliphatic heterocycles. The molecule has 0 saturated carbocycles. The van der Waals surface area contributed by atoms with Crippen molar-refractivity contribution in [3.8, 4) is 0 Å². The van der Waals surface area contributed by atoms with Gasteiger partial charge in [0.2, 0.25) is 11.8 Å². The third kappa shape index (κ3) is 2.39. The van der Waals surface area contributed by atoms with Gasteiger partial charge in [0, 0.05) is 11.4 Å². The molecule has 0 aromatic carbocycles. The first-order valence-corrected chi connectivity index (χ1v) is 6.79. The van der Waals surface area contributed by atoms with Crippen molar-refractivity contribution in [1.82, 2.24) is 4.90 Å². The highest BCUT2D eigenvalue weighted by atomic mass is 32.1. The van der Waals surface area contributed by atoms with Gasteiger partial charge in [0.15, 0.2) is 0 Å². The van der Waals surface area contributed by atoms with Gasteiger partial charge in [-0.1, -0.05) is 0 Å². The summed E-state index contributed by atoms with van der Waals surface area (Å²) in [4.78, 5) is 26.0. The van der Waals surface area contributed by atoms with Crippen LogP contribution in [0.15, 0.2) is 11.4 Å². The number of nitrogens with zero attached hydrogens (tertiary/aromatic N) is 1. The van der Waals surface area contributed by atoms with Gasteiger partial charge in [-0.3, -0.25) is 9.59 Å². The minimum Gasteiger partial charge on any atom is -0.370 e. The molecule has 2 atom stereocenters. The second-order valence-corrected chi connectivity index (χ2v) is 5.53. The molecule has 5 nitrogen and oxygen atoms in total. The fraction of sp³-hybridized carbons (Fsp3) is 0.500. The van der Waals surface area contributed by atoms with Gasteiger partial charge < -0.3 is 16.4 Å². The summed E-state index contributed by atoms with van der Waals surface area (Å²) in [7, 11) is 0. The minimum atomic E-state index is -0.829. The van der Waals surface area contributed by atoms with Gasteiger partial charge in [-0.2, -0.15) is 0 Å². The van der Waals surface area contributed by atoms with Crippen molar-refractivity contribution >= 4 is 23.2 Å². The topological polar surface area (TPSA) is 89.4 Å². The van der Waals surface area contributed by atoms with Crippen molar-refractivity contribution < 1.29 is 9.59 Å². The van der Waals surface area contributed by atoms with Gasteiger partial charge in [0.1, 0.15) is 0 Å². The molecule has 2 unspecified atom stereocenters. The monoisotopic (exact) mass is 267 g/mol. The van der Waals surface area contributed by atoms with Gasteiger partial charge in [0.25, 0.3) is 0 Å². The number of carbonyl (C=O) groups is 2. The van der Waals surface area contributed by atoms with Crippen LogP contribution in [-0.4, -0.2) is 29.3 Å². The number of rotatable bonds is 3. The van der Waals surface area contributed by atoms with Crippen LogP contribution in [0.4, 0.5) is 0 Å². The first-order valence-electron chi connectivity index (χ1n) is 5.91. The Morgan fingerprint density at radius 2 is 2.33 bits per heavy atom. The summed E-state index contributed by atoms with van der Waals surface area (Å²) in [6.07, 6.45) is 0.755. The van der Waals surface area contributed by atoms with Crippen LogP contribution >= 0.6 is 11.3 Å². The molecular formula is C12H17N3O2S. The lowest BCUT2D eigenvalue weighted by molar-refractivity contribution is -0.137. The molecule has 0 spiro atoms. The average Bonchev–Trinajstić information content (AvgIpc) is 2.76. The number of nitrogens with two attached hydrogens (primary N) is 2. The predicted molar refractivity (Wildman–Crippen MR) is 69.9 cm³/mol. The highest BCUT2D eigenvalue weighted by Crippen LogP contribution is 2.33. The van der Waals surface area contributed by atoms with Crippen molar-refractivity contribution in [2.24, 2.45) is 11.5 Å². The Morgan fingerprint density at radius 1 is 1.61 bits per heavy atom. The quantitative estimate of drug-likeness (QED) is 0.830. The molecule has 6 heteroatoms. The second-order valence-electron chi connectivity index (χ2n) is 4.53. The van der Waals surface area contributed by atoms with Crippen LogP contribution in [0, 0.1) is 0 Å². The fourth-order valence-corrected chi connectivity index (χ4v) is 3.29. The zero-order valence-electron chi connectivity index (χ0n) is 10.3. The van der Waals surface area contributed by atoms with E-state index in [0.29, 0.717) is 6.54 Å². The molecule has 98 valence electrons. The van der Waals surface area contributed by atoms with E-state index >= 15 is 0 Å². The van der Waals surface area contributed by atoms with E-state index in [-0.39, 0.29) is 18.4 Å². The lowest BCUT2D eigenvalue weighted by Crippen LogP contribution is -2.48. The van der Waals surface area contributed by atoms with Crippen molar-refractivity contribution in [2.75, 3.05) is 6.54 Å². The van der Waals surface area contributed by atoms with E-state index in [1.54, 1.807) is 16.2 Å². The van der Waals surface area contributed by atoms with Crippen molar-refractivity contribution in [2.45, 2.75) is 31.8 Å². The van der Waals surface area contributed by atoms with E-state index in [2.05, 4.69) is 0 Å². The van der Waals surface area contributed by atoms with Crippen LogP contribution in [0.1, 0.15) is 29.8 Å². The highest BCUT2D eigenvalue weighted by Gasteiger charge is 2.31. The zero-order chi connectivity index (χ0) is 13.3. The lowest BCUT2D eigenvalue weighted by Gasteiger charge is -2.35. The van der Waals surface area contributed by atoms with Crippen molar-refractivity contribution in [3.63, 3.8) is 0 Å². The van der Waals surface area contributed by atoms with Crippen LogP contribution in [0.2, 0.25) is 0 Å². The first kappa shape index (κ1) is 13.0. The Hall–Kier alpha value is -1.40. The summed E-state index contributed by atoms with van der Waals surface area (Å²) < 4.78 is 0. The Labute approximate surface area is 110 Å². The maximum atomic E-state index is 12.2. The molecular weight excluding hydrogens is 250 g/mol. The molecule has 1 aromatic rings. The van der Waals surface area contributed by atoms with E-state index in [1.807, 2.05) is 18.4 Å². The smallest absolute Gasteiger partial charge is 0.240 e. The zero-order valence-corrected chi connectivity index (χ0v) is 11.1. The number of primary amides is 1. The number of hydrogen-bond donors (Lipinski definition) is 2. The van der Waals surface area contributed by atoms with Crippen LogP contribution in [-0.2, 0) is 16.0 Å². The van der Waals surface area contributed by atoms with Gasteiger partial charge in [-0.05, 0) is 30.4 Å². The molecule has 2 amide bonds. The van der Waals surface area contributed by atoms with E-state index < -0.39 is 11.9 Å². The Balaban J connectivity index is 2.11. The van der Waals surface area contributed by atoms with Crippen molar-refractivity contribution in [1.29, 1.82) is 0 Å². The summed E-state index contributed by atoms with van der Waals surface area (Å²) in [5.74, 6) is -0.741. The van der Waals surface area contributed by atoms with Crippen LogP contribution in [0.5, 0.6) is 0 Å². The number of fused-ring (bicyclic) bond motifs is 1. The van der Waals surface area contributed by atoms with Crippen LogP contribution in [0.3, 0.4) is 0 Å². The summed E-state index contributed by atoms with van der Waals surface area (Å²) in [6.45, 7) is 2.64. The molecule has 0 bridgehead atoms. The lowest BCUT2D eigenvalue weighted by atomic mass is 10.00. The molecule has 0 fully saturated rings. The third-order valence-electron chi connectivity index (χ3n) is 3.30. The molecule has 1 aromatic heterocycles. The van der Waals surface area contributed by atoms with Gasteiger partial charge >= 0.3 is 0 Å². The molecule has 0 saturated heterocycles. The number of thiophene rings is 1. The highest BCUT2D eigenvalue weighted by molar-refractivity contribution is 7.10. The maximum Gasteiger partial charge on any atom is 0.240 e. The average molecular weight is 267 g/mol. The Bertz CT molecular complexity index is 472. The summed E-state index contributed by atoms with van der Waals surface area (Å²) in [6, 6.07) is 1.24. The SMILES string of the molecule is CC1c2ccsc2CCN1C(=O)C(N)CC(N)=O. The Kier molecular flexibility index (Phi) is 3.68. The predicted octanol–water partition coefficient (Wildman–Crippen LogP) is 0.397. The van der Waals surface area contributed by atoms with E-state index in [9.17, 15) is 9.59 Å². The van der Waals surface area contributed by atoms with E-state index in [0.717, 1.165) is 6.42 Å². The Morgan fingerprint density at radius 3 is 3.00 bits per heavy atom. The van der Waals surface area contributed by atoms with Crippen molar-refractivity contribution in [3.05, 3.63) is 21.9 Å². The van der Waals surface area contributed by atoms with Gasteiger partial charge in [-0.25, -0.2) is 0 Å². The van der Waals surface area contributed by atoms with Gasteiger partial charge in [0.05, 0.1) is 18.5 Å². The third-order valence-corrected chi connectivity index (χ3v) is 4.30. The van der Waals surface area contributed by atoms with Crippen LogP contribution < -0.4 is 11.5 Å². The summed E-state index contributed by atoms with van der Waals surface area (Å²) in [5, 5.41) is 2.04. The summed E-state index contributed by atoms with van der Waals surface area (Å²) in [5.41, 5.74) is 12.0.